The van der Waals surface area contributed by atoms with Crippen LogP contribution >= 0.6 is 11.6 Å². The first-order valence-corrected chi connectivity index (χ1v) is 15.1. The van der Waals surface area contributed by atoms with Crippen LogP contribution in [-0.2, 0) is 27.0 Å². The van der Waals surface area contributed by atoms with Crippen LogP contribution in [-0.4, -0.2) is 60.4 Å². The van der Waals surface area contributed by atoms with E-state index >= 15 is 0 Å². The lowest BCUT2D eigenvalue weighted by Crippen LogP contribution is -2.48. The summed E-state index contributed by atoms with van der Waals surface area (Å²) < 4.78 is 44.8. The van der Waals surface area contributed by atoms with Gasteiger partial charge in [0, 0.05) is 49.8 Å². The Bertz CT molecular complexity index is 1620. The standard InChI is InChI=1S/C34H33ClF3N3O4/c1-3-45-33(44)31-22(2)41(30(42)20-27(31)24-11-13-26(14-12-24)34(36,37)38)21-23-7-6-8-25(19-23)32(43)40-17-15-39(16-18-40)29-10-5-4-9-28(29)35/h4-14,19,27H,3,15-18,20-21H2,1-2H3. The predicted molar refractivity (Wildman–Crippen MR) is 165 cm³/mol. The van der Waals surface area contributed by atoms with Crippen LogP contribution in [0.2, 0.25) is 5.02 Å². The zero-order valence-electron chi connectivity index (χ0n) is 24.9. The van der Waals surface area contributed by atoms with Crippen molar-refractivity contribution in [3.8, 4) is 0 Å². The van der Waals surface area contributed by atoms with Gasteiger partial charge in [0.15, 0.2) is 0 Å². The zero-order valence-corrected chi connectivity index (χ0v) is 25.7. The van der Waals surface area contributed by atoms with Crippen LogP contribution < -0.4 is 4.90 Å². The number of hydrogen-bond donors (Lipinski definition) is 0. The number of benzene rings is 3. The maximum atomic E-state index is 13.5. The molecule has 0 aromatic heterocycles. The second kappa shape index (κ2) is 13.4. The number of halogens is 4. The van der Waals surface area contributed by atoms with Crippen LogP contribution in [0.15, 0.2) is 84.1 Å². The van der Waals surface area contributed by atoms with E-state index < -0.39 is 23.6 Å². The Morgan fingerprint density at radius 1 is 0.956 bits per heavy atom. The number of alkyl halides is 3. The summed E-state index contributed by atoms with van der Waals surface area (Å²) in [5.41, 5.74) is 2.30. The first kappa shape index (κ1) is 32.1. The van der Waals surface area contributed by atoms with Crippen LogP contribution in [0.4, 0.5) is 18.9 Å². The molecule has 1 saturated heterocycles. The van der Waals surface area contributed by atoms with E-state index in [1.165, 1.54) is 17.0 Å². The van der Waals surface area contributed by atoms with E-state index in [2.05, 4.69) is 4.90 Å². The number of anilines is 1. The molecule has 1 fully saturated rings. The molecule has 45 heavy (non-hydrogen) atoms. The van der Waals surface area contributed by atoms with E-state index in [9.17, 15) is 27.6 Å². The van der Waals surface area contributed by atoms with Crippen molar-refractivity contribution in [2.45, 2.75) is 38.9 Å². The minimum absolute atomic E-state index is 0.0973. The molecule has 2 heterocycles. The molecule has 0 spiro atoms. The average molecular weight is 640 g/mol. The summed E-state index contributed by atoms with van der Waals surface area (Å²) in [5.74, 6) is -1.80. The lowest BCUT2D eigenvalue weighted by atomic mass is 9.83. The van der Waals surface area contributed by atoms with Gasteiger partial charge in [0.1, 0.15) is 0 Å². The highest BCUT2D eigenvalue weighted by molar-refractivity contribution is 6.33. The molecule has 2 aliphatic heterocycles. The summed E-state index contributed by atoms with van der Waals surface area (Å²) in [4.78, 5) is 45.4. The van der Waals surface area contributed by atoms with Gasteiger partial charge in [-0.2, -0.15) is 13.2 Å². The molecule has 2 amide bonds. The van der Waals surface area contributed by atoms with Crippen molar-refractivity contribution in [1.82, 2.24) is 9.80 Å². The van der Waals surface area contributed by atoms with Gasteiger partial charge in [-0.1, -0.05) is 48.0 Å². The SMILES string of the molecule is CCOC(=O)C1=C(C)N(Cc2cccc(C(=O)N3CCN(c4ccccc4Cl)CC3)c2)C(=O)CC1c1ccc(C(F)(F)F)cc1. The summed E-state index contributed by atoms with van der Waals surface area (Å²) in [7, 11) is 0. The van der Waals surface area contributed by atoms with Gasteiger partial charge in [0.25, 0.3) is 5.91 Å². The Kier molecular flexibility index (Phi) is 9.53. The molecule has 236 valence electrons. The molecule has 3 aromatic carbocycles. The van der Waals surface area contributed by atoms with Gasteiger partial charge in [-0.15, -0.1) is 0 Å². The number of nitrogens with zero attached hydrogens (tertiary/aromatic N) is 3. The fourth-order valence-corrected chi connectivity index (χ4v) is 6.15. The van der Waals surface area contributed by atoms with Crippen molar-refractivity contribution < 1.29 is 32.3 Å². The molecule has 0 radical (unpaired) electrons. The van der Waals surface area contributed by atoms with Crippen molar-refractivity contribution in [2.24, 2.45) is 0 Å². The van der Waals surface area contributed by atoms with Crippen molar-refractivity contribution >= 4 is 35.1 Å². The molecule has 5 rings (SSSR count). The van der Waals surface area contributed by atoms with Gasteiger partial charge in [-0.05, 0) is 61.4 Å². The number of hydrogen-bond acceptors (Lipinski definition) is 5. The molecule has 0 N–H and O–H groups in total. The Morgan fingerprint density at radius 2 is 1.64 bits per heavy atom. The van der Waals surface area contributed by atoms with Gasteiger partial charge >= 0.3 is 12.1 Å². The van der Waals surface area contributed by atoms with Gasteiger partial charge in [0.2, 0.25) is 5.91 Å². The molecule has 0 saturated carbocycles. The number of ether oxygens (including phenoxy) is 1. The number of rotatable bonds is 7. The van der Waals surface area contributed by atoms with Crippen LogP contribution in [0.25, 0.3) is 0 Å². The quantitative estimate of drug-likeness (QED) is 0.270. The van der Waals surface area contributed by atoms with Crippen LogP contribution in [0, 0.1) is 0 Å². The fraction of sp³-hybridized carbons (Fsp3) is 0.324. The smallest absolute Gasteiger partial charge is 0.416 e. The second-order valence-electron chi connectivity index (χ2n) is 11.0. The van der Waals surface area contributed by atoms with Crippen molar-refractivity contribution in [1.29, 1.82) is 0 Å². The Balaban J connectivity index is 1.34. The lowest BCUT2D eigenvalue weighted by molar-refractivity contribution is -0.140. The molecule has 7 nitrogen and oxygen atoms in total. The number of piperazine rings is 1. The zero-order chi connectivity index (χ0) is 32.3. The van der Waals surface area contributed by atoms with Gasteiger partial charge in [-0.3, -0.25) is 9.59 Å². The summed E-state index contributed by atoms with van der Waals surface area (Å²) in [6.45, 7) is 5.81. The Hall–Kier alpha value is -4.31. The third-order valence-electron chi connectivity index (χ3n) is 8.23. The van der Waals surface area contributed by atoms with Crippen molar-refractivity contribution in [2.75, 3.05) is 37.7 Å². The molecule has 1 atom stereocenters. The highest BCUT2D eigenvalue weighted by Gasteiger charge is 2.38. The molecule has 2 aliphatic rings. The van der Waals surface area contributed by atoms with E-state index in [1.807, 2.05) is 24.3 Å². The third kappa shape index (κ3) is 7.01. The first-order valence-electron chi connectivity index (χ1n) is 14.7. The van der Waals surface area contributed by atoms with Gasteiger partial charge < -0.3 is 19.4 Å². The normalized spacial score (nSPS) is 17.5. The number of carbonyl (C=O) groups is 3. The molecule has 1 unspecified atom stereocenters. The molecule has 11 heteroatoms. The summed E-state index contributed by atoms with van der Waals surface area (Å²) in [5, 5.41) is 0.665. The summed E-state index contributed by atoms with van der Waals surface area (Å²) in [6.07, 6.45) is -4.63. The van der Waals surface area contributed by atoms with Crippen molar-refractivity contribution in [3.05, 3.63) is 111 Å². The molecule has 0 aliphatic carbocycles. The van der Waals surface area contributed by atoms with E-state index in [0.717, 1.165) is 17.8 Å². The lowest BCUT2D eigenvalue weighted by Gasteiger charge is -2.36. The molecule has 3 aromatic rings. The van der Waals surface area contributed by atoms with Crippen LogP contribution in [0.3, 0.4) is 0 Å². The van der Waals surface area contributed by atoms with E-state index in [-0.39, 0.29) is 37.0 Å². The van der Waals surface area contributed by atoms with E-state index in [4.69, 9.17) is 16.3 Å². The average Bonchev–Trinajstić information content (AvgIpc) is 3.02. The number of allylic oxidation sites excluding steroid dienone is 1. The number of amides is 2. The van der Waals surface area contributed by atoms with Crippen LogP contribution in [0.1, 0.15) is 53.2 Å². The largest absolute Gasteiger partial charge is 0.463 e. The monoisotopic (exact) mass is 639 g/mol. The maximum absolute atomic E-state index is 13.5. The minimum atomic E-state index is -4.51. The topological polar surface area (TPSA) is 70.2 Å². The highest BCUT2D eigenvalue weighted by atomic mass is 35.5. The fourth-order valence-electron chi connectivity index (χ4n) is 5.89. The number of carbonyl (C=O) groups excluding carboxylic acids is 3. The Morgan fingerprint density at radius 3 is 2.29 bits per heavy atom. The summed E-state index contributed by atoms with van der Waals surface area (Å²) in [6, 6.07) is 19.1. The summed E-state index contributed by atoms with van der Waals surface area (Å²) >= 11 is 6.36. The van der Waals surface area contributed by atoms with Crippen LogP contribution in [0.5, 0.6) is 0 Å². The Labute approximate surface area is 264 Å². The predicted octanol–water partition coefficient (Wildman–Crippen LogP) is 6.67. The number of para-hydroxylation sites is 1. The molecular weight excluding hydrogens is 607 g/mol. The first-order chi connectivity index (χ1) is 21.5. The molecule has 0 bridgehead atoms. The third-order valence-corrected chi connectivity index (χ3v) is 8.55. The second-order valence-corrected chi connectivity index (χ2v) is 11.4. The van der Waals surface area contributed by atoms with Gasteiger partial charge in [-0.25, -0.2) is 4.79 Å². The van der Waals surface area contributed by atoms with E-state index in [1.54, 1.807) is 43.0 Å². The number of esters is 1. The highest BCUT2D eigenvalue weighted by Crippen LogP contribution is 2.39. The van der Waals surface area contributed by atoms with Crippen molar-refractivity contribution in [3.63, 3.8) is 0 Å². The maximum Gasteiger partial charge on any atom is 0.416 e. The van der Waals surface area contributed by atoms with Gasteiger partial charge in [0.05, 0.1) is 35.0 Å². The molecular formula is C34H33ClF3N3O4. The van der Waals surface area contributed by atoms with E-state index in [0.29, 0.717) is 53.6 Å². The minimum Gasteiger partial charge on any atom is -0.463 e.